The largest absolute Gasteiger partial charge is 0.457 e. The predicted molar refractivity (Wildman–Crippen MR) is 85.6 cm³/mol. The maximum atomic E-state index is 12.7. The van der Waals surface area contributed by atoms with Gasteiger partial charge >= 0.3 is 0 Å². The van der Waals surface area contributed by atoms with Crippen molar-refractivity contribution < 1.29 is 14.6 Å². The van der Waals surface area contributed by atoms with Gasteiger partial charge in [0.05, 0.1) is 11.0 Å². The molecule has 0 saturated heterocycles. The Bertz CT molecular complexity index is 731. The van der Waals surface area contributed by atoms with E-state index in [9.17, 15) is 9.90 Å². The van der Waals surface area contributed by atoms with Gasteiger partial charge in [0.15, 0.2) is 5.78 Å². The third kappa shape index (κ3) is 2.24. The number of carbonyl (C=O) groups excluding carboxylic acids is 1. The Morgan fingerprint density at radius 1 is 1.00 bits per heavy atom. The molecule has 0 spiro atoms. The minimum absolute atomic E-state index is 0.130. The Balaban J connectivity index is 2.02. The average Bonchev–Trinajstić information content (AvgIpc) is 2.53. The number of ketones is 1. The minimum atomic E-state index is -1.69. The van der Waals surface area contributed by atoms with Gasteiger partial charge in [0.25, 0.3) is 0 Å². The zero-order valence-corrected chi connectivity index (χ0v) is 12.6. The van der Waals surface area contributed by atoms with Crippen molar-refractivity contribution >= 4 is 11.9 Å². The first-order chi connectivity index (χ1) is 10.4. The van der Waals surface area contributed by atoms with Gasteiger partial charge in [-0.25, -0.2) is 0 Å². The monoisotopic (exact) mass is 294 g/mol. The quantitative estimate of drug-likeness (QED) is 0.919. The fourth-order valence-electron chi connectivity index (χ4n) is 2.55. The highest BCUT2D eigenvalue weighted by Crippen LogP contribution is 2.44. The highest BCUT2D eigenvalue weighted by atomic mass is 16.6. The lowest BCUT2D eigenvalue weighted by molar-refractivity contribution is -0.161. The number of benzene rings is 2. The number of carbonyl (C=O) groups is 1. The van der Waals surface area contributed by atoms with Gasteiger partial charge in [-0.05, 0) is 37.6 Å². The molecule has 0 aromatic heterocycles. The molecule has 0 bridgehead atoms. The first-order valence-electron chi connectivity index (χ1n) is 7.23. The predicted octanol–water partition coefficient (Wildman–Crippen LogP) is 3.69. The van der Waals surface area contributed by atoms with Crippen LogP contribution in [0.25, 0.3) is 6.08 Å². The number of hydrogen-bond donors (Lipinski definition) is 1. The van der Waals surface area contributed by atoms with Crippen LogP contribution in [0.2, 0.25) is 0 Å². The molecule has 0 amide bonds. The van der Waals surface area contributed by atoms with E-state index in [1.165, 1.54) is 0 Å². The highest BCUT2D eigenvalue weighted by molar-refractivity contribution is 6.04. The van der Waals surface area contributed by atoms with Crippen LogP contribution in [0.3, 0.4) is 0 Å². The molecule has 3 heteroatoms. The standard InChI is InChI=1S/C19H18O3/c1-18(2)17(20)15-10-6-7-11-16(15)22-19(18,21)13-12-14-8-4-3-5-9-14/h3-13,21H,1-2H3/b13-12+. The molecule has 1 atom stereocenters. The number of ether oxygens (including phenoxy) is 1. The van der Waals surface area contributed by atoms with Crippen LogP contribution in [-0.2, 0) is 0 Å². The fourth-order valence-corrected chi connectivity index (χ4v) is 2.55. The fraction of sp³-hybridized carbons (Fsp3) is 0.211. The molecule has 0 radical (unpaired) electrons. The van der Waals surface area contributed by atoms with E-state index in [4.69, 9.17) is 4.74 Å². The maximum absolute atomic E-state index is 12.7. The van der Waals surface area contributed by atoms with Crippen molar-refractivity contribution in [3.05, 3.63) is 71.8 Å². The molecule has 0 fully saturated rings. The summed E-state index contributed by atoms with van der Waals surface area (Å²) in [5.41, 5.74) is 0.360. The van der Waals surface area contributed by atoms with Crippen LogP contribution in [0, 0.1) is 5.41 Å². The lowest BCUT2D eigenvalue weighted by Crippen LogP contribution is -2.55. The summed E-state index contributed by atoms with van der Waals surface area (Å²) in [7, 11) is 0. The van der Waals surface area contributed by atoms with Crippen LogP contribution >= 0.6 is 0 Å². The van der Waals surface area contributed by atoms with Crippen LogP contribution < -0.4 is 4.74 Å². The second-order valence-electron chi connectivity index (χ2n) is 5.99. The molecule has 112 valence electrons. The maximum Gasteiger partial charge on any atom is 0.240 e. The van der Waals surface area contributed by atoms with Gasteiger partial charge in [-0.2, -0.15) is 0 Å². The van der Waals surface area contributed by atoms with E-state index in [2.05, 4.69) is 0 Å². The number of aliphatic hydroxyl groups is 1. The molecule has 3 nitrogen and oxygen atoms in total. The zero-order chi connectivity index (χ0) is 15.8. The van der Waals surface area contributed by atoms with E-state index < -0.39 is 11.2 Å². The molecule has 2 aromatic carbocycles. The molecular formula is C19H18O3. The van der Waals surface area contributed by atoms with Gasteiger partial charge in [0.2, 0.25) is 5.79 Å². The summed E-state index contributed by atoms with van der Waals surface area (Å²) >= 11 is 0. The first-order valence-corrected chi connectivity index (χ1v) is 7.23. The van der Waals surface area contributed by atoms with Gasteiger partial charge in [-0.3, -0.25) is 4.79 Å². The Labute approximate surface area is 129 Å². The number of Topliss-reactive ketones (excluding diaryl/α,β-unsaturated/α-hetero) is 1. The van der Waals surface area contributed by atoms with Gasteiger partial charge in [0, 0.05) is 0 Å². The van der Waals surface area contributed by atoms with Crippen molar-refractivity contribution in [1.82, 2.24) is 0 Å². The van der Waals surface area contributed by atoms with Crippen molar-refractivity contribution in [3.8, 4) is 5.75 Å². The molecule has 1 N–H and O–H groups in total. The van der Waals surface area contributed by atoms with Crippen molar-refractivity contribution in [1.29, 1.82) is 0 Å². The summed E-state index contributed by atoms with van der Waals surface area (Å²) in [6.07, 6.45) is 3.32. The van der Waals surface area contributed by atoms with Gasteiger partial charge in [0.1, 0.15) is 5.75 Å². The molecule has 1 heterocycles. The number of rotatable bonds is 2. The van der Waals surface area contributed by atoms with Crippen molar-refractivity contribution in [2.75, 3.05) is 0 Å². The first kappa shape index (κ1) is 14.5. The van der Waals surface area contributed by atoms with Crippen molar-refractivity contribution in [2.45, 2.75) is 19.6 Å². The molecule has 3 rings (SSSR count). The molecule has 2 aromatic rings. The Hall–Kier alpha value is -2.39. The highest BCUT2D eigenvalue weighted by Gasteiger charge is 2.53. The summed E-state index contributed by atoms with van der Waals surface area (Å²) in [4.78, 5) is 12.7. The summed E-state index contributed by atoms with van der Waals surface area (Å²) in [6, 6.07) is 16.6. The van der Waals surface area contributed by atoms with Crippen molar-refractivity contribution in [2.24, 2.45) is 5.41 Å². The summed E-state index contributed by atoms with van der Waals surface area (Å²) in [6.45, 7) is 3.39. The van der Waals surface area contributed by atoms with Crippen LogP contribution in [0.15, 0.2) is 60.7 Å². The summed E-state index contributed by atoms with van der Waals surface area (Å²) in [5.74, 6) is -1.41. The van der Waals surface area contributed by atoms with Gasteiger partial charge in [-0.15, -0.1) is 0 Å². The molecule has 0 aliphatic carbocycles. The molecule has 1 aliphatic rings. The van der Waals surface area contributed by atoms with Crippen LogP contribution in [0.5, 0.6) is 5.75 Å². The third-order valence-electron chi connectivity index (χ3n) is 4.16. The van der Waals surface area contributed by atoms with Crippen LogP contribution in [0.4, 0.5) is 0 Å². The molecule has 0 saturated carbocycles. The van der Waals surface area contributed by atoms with E-state index >= 15 is 0 Å². The Kier molecular flexibility index (Phi) is 3.38. The molecule has 22 heavy (non-hydrogen) atoms. The summed E-state index contributed by atoms with van der Waals surface area (Å²) < 4.78 is 5.77. The lowest BCUT2D eigenvalue weighted by atomic mass is 9.74. The second kappa shape index (κ2) is 5.11. The van der Waals surface area contributed by atoms with E-state index in [1.54, 1.807) is 50.3 Å². The van der Waals surface area contributed by atoms with E-state index in [0.29, 0.717) is 11.3 Å². The number of para-hydroxylation sites is 1. The lowest BCUT2D eigenvalue weighted by Gasteiger charge is -2.43. The Morgan fingerprint density at radius 3 is 2.36 bits per heavy atom. The molecule has 1 unspecified atom stereocenters. The van der Waals surface area contributed by atoms with Gasteiger partial charge in [-0.1, -0.05) is 48.5 Å². The SMILES string of the molecule is CC1(C)C(=O)c2ccccc2OC1(O)/C=C/c1ccccc1. The Morgan fingerprint density at radius 2 is 1.64 bits per heavy atom. The number of fused-ring (bicyclic) bond motifs is 1. The molecule has 1 aliphatic heterocycles. The third-order valence-corrected chi connectivity index (χ3v) is 4.16. The number of hydrogen-bond acceptors (Lipinski definition) is 3. The average molecular weight is 294 g/mol. The zero-order valence-electron chi connectivity index (χ0n) is 12.6. The van der Waals surface area contributed by atoms with Crippen LogP contribution in [0.1, 0.15) is 29.8 Å². The molecular weight excluding hydrogens is 276 g/mol. The van der Waals surface area contributed by atoms with E-state index in [-0.39, 0.29) is 5.78 Å². The van der Waals surface area contributed by atoms with E-state index in [1.807, 2.05) is 30.3 Å². The van der Waals surface area contributed by atoms with E-state index in [0.717, 1.165) is 5.56 Å². The van der Waals surface area contributed by atoms with Gasteiger partial charge < -0.3 is 9.84 Å². The smallest absolute Gasteiger partial charge is 0.240 e. The van der Waals surface area contributed by atoms with Crippen molar-refractivity contribution in [3.63, 3.8) is 0 Å². The van der Waals surface area contributed by atoms with Crippen LogP contribution in [-0.4, -0.2) is 16.7 Å². The minimum Gasteiger partial charge on any atom is -0.457 e. The topological polar surface area (TPSA) is 46.5 Å². The normalized spacial score (nSPS) is 23.1. The summed E-state index contributed by atoms with van der Waals surface area (Å²) in [5, 5.41) is 10.9. The second-order valence-corrected chi connectivity index (χ2v) is 5.99.